The van der Waals surface area contributed by atoms with Gasteiger partial charge in [-0.05, 0) is 44.0 Å². The van der Waals surface area contributed by atoms with E-state index in [4.69, 9.17) is 0 Å². The standard InChI is InChI=1S/C19H23N7O/c1-3-20-9-13(2)11-25-12-15(10-21-25)16-5-4-6-17-22-19(24-26(16)17)23-18(27)14-7-8-14/h3-6,10,12-14H,7-9,11H2,1-2H3,(H,23,24,27). The van der Waals surface area contributed by atoms with Crippen LogP contribution in [-0.2, 0) is 11.3 Å². The molecule has 1 aliphatic rings. The number of anilines is 1. The monoisotopic (exact) mass is 365 g/mol. The summed E-state index contributed by atoms with van der Waals surface area (Å²) >= 11 is 0. The Morgan fingerprint density at radius 2 is 2.30 bits per heavy atom. The van der Waals surface area contributed by atoms with E-state index in [0.717, 1.165) is 37.2 Å². The molecule has 8 heteroatoms. The van der Waals surface area contributed by atoms with Gasteiger partial charge in [0.15, 0.2) is 5.65 Å². The second-order valence-corrected chi connectivity index (χ2v) is 7.06. The lowest BCUT2D eigenvalue weighted by atomic mass is 10.2. The van der Waals surface area contributed by atoms with Crippen molar-refractivity contribution in [1.82, 2.24) is 24.4 Å². The fourth-order valence-corrected chi connectivity index (χ4v) is 2.99. The molecule has 3 aromatic heterocycles. The van der Waals surface area contributed by atoms with Gasteiger partial charge in [-0.25, -0.2) is 4.52 Å². The summed E-state index contributed by atoms with van der Waals surface area (Å²) in [4.78, 5) is 20.7. The zero-order valence-electron chi connectivity index (χ0n) is 15.5. The lowest BCUT2D eigenvalue weighted by molar-refractivity contribution is -0.117. The molecule has 0 aliphatic heterocycles. The lowest BCUT2D eigenvalue weighted by Gasteiger charge is -2.08. The first-order valence-corrected chi connectivity index (χ1v) is 9.28. The Labute approximate surface area is 157 Å². The van der Waals surface area contributed by atoms with Crippen molar-refractivity contribution < 1.29 is 4.79 Å². The molecule has 1 unspecified atom stereocenters. The van der Waals surface area contributed by atoms with E-state index in [2.05, 4.69) is 32.4 Å². The van der Waals surface area contributed by atoms with E-state index in [1.807, 2.05) is 48.4 Å². The molecule has 1 amide bonds. The highest BCUT2D eigenvalue weighted by molar-refractivity contribution is 5.92. The van der Waals surface area contributed by atoms with Gasteiger partial charge >= 0.3 is 0 Å². The van der Waals surface area contributed by atoms with Crippen molar-refractivity contribution in [2.75, 3.05) is 11.9 Å². The van der Waals surface area contributed by atoms with Gasteiger partial charge in [0.1, 0.15) is 0 Å². The van der Waals surface area contributed by atoms with E-state index in [9.17, 15) is 4.79 Å². The number of pyridine rings is 1. The third-order valence-electron chi connectivity index (χ3n) is 4.57. The summed E-state index contributed by atoms with van der Waals surface area (Å²) in [6.07, 6.45) is 7.56. The SMILES string of the molecule is CC=NCC(C)Cn1cc(-c2cccc3nc(NC(=O)C4CC4)nn23)cn1. The molecule has 0 bridgehead atoms. The number of fused-ring (bicyclic) bond motifs is 1. The third-order valence-corrected chi connectivity index (χ3v) is 4.57. The highest BCUT2D eigenvalue weighted by atomic mass is 16.2. The Morgan fingerprint density at radius 3 is 3.07 bits per heavy atom. The van der Waals surface area contributed by atoms with Crippen molar-refractivity contribution >= 4 is 23.7 Å². The molecule has 8 nitrogen and oxygen atoms in total. The van der Waals surface area contributed by atoms with Crippen LogP contribution < -0.4 is 5.32 Å². The van der Waals surface area contributed by atoms with Gasteiger partial charge in [0, 0.05) is 30.8 Å². The fourth-order valence-electron chi connectivity index (χ4n) is 2.99. The molecule has 1 fully saturated rings. The van der Waals surface area contributed by atoms with E-state index < -0.39 is 0 Å². The molecule has 27 heavy (non-hydrogen) atoms. The first-order chi connectivity index (χ1) is 13.1. The first-order valence-electron chi connectivity index (χ1n) is 9.28. The molecule has 1 aliphatic carbocycles. The van der Waals surface area contributed by atoms with Crippen LogP contribution in [0.5, 0.6) is 0 Å². The smallest absolute Gasteiger partial charge is 0.249 e. The van der Waals surface area contributed by atoms with E-state index >= 15 is 0 Å². The molecule has 3 heterocycles. The molecule has 1 atom stereocenters. The highest BCUT2D eigenvalue weighted by Gasteiger charge is 2.30. The number of hydrogen-bond acceptors (Lipinski definition) is 5. The van der Waals surface area contributed by atoms with Crippen LogP contribution in [0.4, 0.5) is 5.95 Å². The van der Waals surface area contributed by atoms with Gasteiger partial charge in [0.2, 0.25) is 11.9 Å². The van der Waals surface area contributed by atoms with E-state index in [0.29, 0.717) is 17.5 Å². The highest BCUT2D eigenvalue weighted by Crippen LogP contribution is 2.30. The van der Waals surface area contributed by atoms with Gasteiger partial charge in [-0.3, -0.25) is 19.8 Å². The minimum Gasteiger partial charge on any atom is -0.297 e. The van der Waals surface area contributed by atoms with E-state index in [-0.39, 0.29) is 11.8 Å². The number of hydrogen-bond donors (Lipinski definition) is 1. The first kappa shape index (κ1) is 17.4. The summed E-state index contributed by atoms with van der Waals surface area (Å²) in [6.45, 7) is 5.67. The molecular formula is C19H23N7O. The predicted octanol–water partition coefficient (Wildman–Crippen LogP) is 2.67. The summed E-state index contributed by atoms with van der Waals surface area (Å²) in [5.74, 6) is 0.871. The molecule has 0 radical (unpaired) electrons. The van der Waals surface area contributed by atoms with Crippen molar-refractivity contribution in [1.29, 1.82) is 0 Å². The van der Waals surface area contributed by atoms with Crippen LogP contribution in [0.2, 0.25) is 0 Å². The van der Waals surface area contributed by atoms with E-state index in [1.165, 1.54) is 0 Å². The van der Waals surface area contributed by atoms with Gasteiger partial charge < -0.3 is 0 Å². The minimum atomic E-state index is 0.00371. The molecule has 0 spiro atoms. The number of aromatic nitrogens is 5. The zero-order valence-corrected chi connectivity index (χ0v) is 15.5. The van der Waals surface area contributed by atoms with Gasteiger partial charge in [-0.1, -0.05) is 13.0 Å². The second-order valence-electron chi connectivity index (χ2n) is 7.06. The van der Waals surface area contributed by atoms with Crippen LogP contribution in [0.15, 0.2) is 35.6 Å². The quantitative estimate of drug-likeness (QED) is 0.652. The molecule has 0 saturated heterocycles. The fraction of sp³-hybridized carbons (Fsp3) is 0.421. The van der Waals surface area contributed by atoms with Gasteiger partial charge in [0.05, 0.1) is 11.9 Å². The Morgan fingerprint density at radius 1 is 1.44 bits per heavy atom. The maximum absolute atomic E-state index is 12.0. The molecular weight excluding hydrogens is 342 g/mol. The average molecular weight is 365 g/mol. The van der Waals surface area contributed by atoms with Crippen LogP contribution in [0.25, 0.3) is 16.9 Å². The Balaban J connectivity index is 1.56. The topological polar surface area (TPSA) is 89.5 Å². The number of carbonyl (C=O) groups is 1. The van der Waals surface area contributed by atoms with Crippen LogP contribution in [0.3, 0.4) is 0 Å². The van der Waals surface area contributed by atoms with Crippen molar-refractivity contribution in [3.05, 3.63) is 30.6 Å². The molecule has 140 valence electrons. The van der Waals surface area contributed by atoms with Crippen LogP contribution >= 0.6 is 0 Å². The Hall–Kier alpha value is -3.03. The maximum Gasteiger partial charge on any atom is 0.249 e. The van der Waals surface area contributed by atoms with Crippen LogP contribution in [0, 0.1) is 11.8 Å². The third kappa shape index (κ3) is 3.89. The second kappa shape index (κ2) is 7.30. The molecule has 4 rings (SSSR count). The zero-order chi connectivity index (χ0) is 18.8. The number of carbonyl (C=O) groups excluding carboxylic acids is 1. The lowest BCUT2D eigenvalue weighted by Crippen LogP contribution is -2.14. The van der Waals surface area contributed by atoms with Crippen molar-refractivity contribution in [2.24, 2.45) is 16.8 Å². The van der Waals surface area contributed by atoms with Crippen LogP contribution in [-0.4, -0.2) is 43.0 Å². The number of nitrogens with zero attached hydrogens (tertiary/aromatic N) is 6. The van der Waals surface area contributed by atoms with E-state index in [1.54, 1.807) is 4.52 Å². The van der Waals surface area contributed by atoms with Crippen molar-refractivity contribution in [2.45, 2.75) is 33.2 Å². The maximum atomic E-state index is 12.0. The molecule has 0 aromatic carbocycles. The average Bonchev–Trinajstić information content (AvgIpc) is 3.28. The number of amides is 1. The van der Waals surface area contributed by atoms with Crippen molar-refractivity contribution in [3.8, 4) is 11.3 Å². The molecule has 3 aromatic rings. The normalized spacial score (nSPS) is 15.5. The van der Waals surface area contributed by atoms with Crippen LogP contribution in [0.1, 0.15) is 26.7 Å². The van der Waals surface area contributed by atoms with Gasteiger partial charge in [-0.15, -0.1) is 5.10 Å². The number of rotatable bonds is 7. The molecule has 1 saturated carbocycles. The summed E-state index contributed by atoms with van der Waals surface area (Å²) in [6, 6.07) is 5.78. The predicted molar refractivity (Wildman–Crippen MR) is 104 cm³/mol. The Kier molecular flexibility index (Phi) is 4.70. The summed E-state index contributed by atoms with van der Waals surface area (Å²) < 4.78 is 3.67. The summed E-state index contributed by atoms with van der Waals surface area (Å²) in [7, 11) is 0. The minimum absolute atomic E-state index is 0.00371. The van der Waals surface area contributed by atoms with Gasteiger partial charge in [0.25, 0.3) is 0 Å². The molecule has 1 N–H and O–H groups in total. The summed E-state index contributed by atoms with van der Waals surface area (Å²) in [5.41, 5.74) is 2.53. The van der Waals surface area contributed by atoms with Gasteiger partial charge in [-0.2, -0.15) is 10.1 Å². The summed E-state index contributed by atoms with van der Waals surface area (Å²) in [5, 5.41) is 11.7. The number of nitrogens with one attached hydrogen (secondary N) is 1. The number of aliphatic imine (C=N–C) groups is 1. The largest absolute Gasteiger partial charge is 0.297 e. The Bertz CT molecular complexity index is 983. The van der Waals surface area contributed by atoms with Crippen molar-refractivity contribution in [3.63, 3.8) is 0 Å².